The second kappa shape index (κ2) is 6.44. The van der Waals surface area contributed by atoms with Crippen LogP contribution >= 0.6 is 0 Å². The van der Waals surface area contributed by atoms with Crippen LogP contribution in [-0.2, 0) is 16.1 Å². The van der Waals surface area contributed by atoms with Gasteiger partial charge in [-0.2, -0.15) is 0 Å². The standard InChI is InChI=1S/C18H14FNO3/c1-12(21)22-11-13-6-2-3-7-14(13)17-10-18(23-20-17)15-8-4-5-9-16(15)19/h2-10H,11H2,1H3. The van der Waals surface area contributed by atoms with E-state index in [1.165, 1.54) is 13.0 Å². The molecule has 3 aromatic rings. The number of carbonyl (C=O) groups excluding carboxylic acids is 1. The predicted molar refractivity (Wildman–Crippen MR) is 82.8 cm³/mol. The van der Waals surface area contributed by atoms with Gasteiger partial charge in [0.1, 0.15) is 18.1 Å². The second-order valence-corrected chi connectivity index (χ2v) is 4.99. The first-order valence-corrected chi connectivity index (χ1v) is 7.08. The van der Waals surface area contributed by atoms with Crippen LogP contribution in [0, 0.1) is 5.82 Å². The Morgan fingerprint density at radius 1 is 1.13 bits per heavy atom. The zero-order valence-corrected chi connectivity index (χ0v) is 12.5. The zero-order chi connectivity index (χ0) is 16.2. The van der Waals surface area contributed by atoms with Gasteiger partial charge in [0.2, 0.25) is 0 Å². The summed E-state index contributed by atoms with van der Waals surface area (Å²) in [6.07, 6.45) is 0. The number of halogens is 1. The molecule has 116 valence electrons. The fourth-order valence-electron chi connectivity index (χ4n) is 2.27. The van der Waals surface area contributed by atoms with E-state index in [2.05, 4.69) is 5.16 Å². The van der Waals surface area contributed by atoms with Crippen LogP contribution in [0.5, 0.6) is 0 Å². The van der Waals surface area contributed by atoms with Crippen molar-refractivity contribution >= 4 is 5.97 Å². The average molecular weight is 311 g/mol. The van der Waals surface area contributed by atoms with Crippen molar-refractivity contribution in [2.45, 2.75) is 13.5 Å². The van der Waals surface area contributed by atoms with Gasteiger partial charge in [0, 0.05) is 18.6 Å². The first kappa shape index (κ1) is 15.0. The summed E-state index contributed by atoms with van der Waals surface area (Å²) in [6, 6.07) is 15.4. The summed E-state index contributed by atoms with van der Waals surface area (Å²) in [5, 5.41) is 4.01. The Kier molecular flexibility index (Phi) is 4.19. The molecule has 4 nitrogen and oxygen atoms in total. The molecule has 0 saturated heterocycles. The molecule has 0 unspecified atom stereocenters. The van der Waals surface area contributed by atoms with Crippen molar-refractivity contribution in [3.05, 3.63) is 66.0 Å². The van der Waals surface area contributed by atoms with Gasteiger partial charge in [-0.15, -0.1) is 0 Å². The Bertz CT molecular complexity index is 842. The number of hydrogen-bond acceptors (Lipinski definition) is 4. The lowest BCUT2D eigenvalue weighted by atomic mass is 10.0. The fourth-order valence-corrected chi connectivity index (χ4v) is 2.27. The van der Waals surface area contributed by atoms with Crippen molar-refractivity contribution in [1.29, 1.82) is 0 Å². The van der Waals surface area contributed by atoms with Crippen molar-refractivity contribution in [2.75, 3.05) is 0 Å². The number of hydrogen-bond donors (Lipinski definition) is 0. The topological polar surface area (TPSA) is 52.3 Å². The van der Waals surface area contributed by atoms with Gasteiger partial charge in [0.05, 0.1) is 5.56 Å². The quantitative estimate of drug-likeness (QED) is 0.677. The Labute approximate surface area is 132 Å². The minimum Gasteiger partial charge on any atom is -0.461 e. The molecule has 0 aliphatic carbocycles. The molecule has 0 radical (unpaired) electrons. The van der Waals surface area contributed by atoms with Gasteiger partial charge in [-0.25, -0.2) is 4.39 Å². The molecule has 1 heterocycles. The van der Waals surface area contributed by atoms with Gasteiger partial charge < -0.3 is 9.26 Å². The first-order valence-electron chi connectivity index (χ1n) is 7.08. The maximum absolute atomic E-state index is 13.8. The van der Waals surface area contributed by atoms with Gasteiger partial charge in [-0.3, -0.25) is 4.79 Å². The summed E-state index contributed by atoms with van der Waals surface area (Å²) >= 11 is 0. The van der Waals surface area contributed by atoms with Crippen LogP contribution in [0.4, 0.5) is 4.39 Å². The van der Waals surface area contributed by atoms with Crippen molar-refractivity contribution in [3.8, 4) is 22.6 Å². The van der Waals surface area contributed by atoms with E-state index >= 15 is 0 Å². The Hall–Kier alpha value is -2.95. The molecule has 3 rings (SSSR count). The summed E-state index contributed by atoms with van der Waals surface area (Å²) in [5.74, 6) is -0.379. The normalized spacial score (nSPS) is 10.5. The molecule has 0 N–H and O–H groups in total. The fraction of sp³-hybridized carbons (Fsp3) is 0.111. The summed E-state index contributed by atoms with van der Waals surface area (Å²) in [7, 11) is 0. The monoisotopic (exact) mass is 311 g/mol. The van der Waals surface area contributed by atoms with E-state index in [-0.39, 0.29) is 18.4 Å². The number of ether oxygens (including phenoxy) is 1. The molecule has 1 aromatic heterocycles. The molecule has 2 aromatic carbocycles. The van der Waals surface area contributed by atoms with E-state index in [0.717, 1.165) is 11.1 Å². The second-order valence-electron chi connectivity index (χ2n) is 4.99. The van der Waals surface area contributed by atoms with E-state index in [1.54, 1.807) is 24.3 Å². The van der Waals surface area contributed by atoms with E-state index in [0.29, 0.717) is 17.0 Å². The van der Waals surface area contributed by atoms with E-state index < -0.39 is 0 Å². The molecule has 0 aliphatic rings. The molecule has 0 fully saturated rings. The lowest BCUT2D eigenvalue weighted by Crippen LogP contribution is -2.00. The van der Waals surface area contributed by atoms with E-state index in [4.69, 9.17) is 9.26 Å². The maximum Gasteiger partial charge on any atom is 0.302 e. The van der Waals surface area contributed by atoms with Crippen molar-refractivity contribution < 1.29 is 18.4 Å². The minimum atomic E-state index is -0.372. The largest absolute Gasteiger partial charge is 0.461 e. The van der Waals surface area contributed by atoms with Crippen LogP contribution in [0.1, 0.15) is 12.5 Å². The predicted octanol–water partition coefficient (Wildman–Crippen LogP) is 4.21. The molecule has 0 aliphatic heterocycles. The number of benzene rings is 2. The SMILES string of the molecule is CC(=O)OCc1ccccc1-c1cc(-c2ccccc2F)on1. The van der Waals surface area contributed by atoms with Crippen LogP contribution in [0.3, 0.4) is 0 Å². The Morgan fingerprint density at radius 2 is 1.83 bits per heavy atom. The summed E-state index contributed by atoms with van der Waals surface area (Å²) in [4.78, 5) is 11.0. The van der Waals surface area contributed by atoms with Gasteiger partial charge in [-0.1, -0.05) is 41.6 Å². The highest BCUT2D eigenvalue weighted by Crippen LogP contribution is 2.29. The van der Waals surface area contributed by atoms with Crippen molar-refractivity contribution in [3.63, 3.8) is 0 Å². The average Bonchev–Trinajstić information content (AvgIpc) is 3.03. The third kappa shape index (κ3) is 3.29. The van der Waals surface area contributed by atoms with Gasteiger partial charge in [0.15, 0.2) is 5.76 Å². The lowest BCUT2D eigenvalue weighted by Gasteiger charge is -2.06. The van der Waals surface area contributed by atoms with Gasteiger partial charge in [0.25, 0.3) is 0 Å². The van der Waals surface area contributed by atoms with Crippen LogP contribution < -0.4 is 0 Å². The third-order valence-electron chi connectivity index (χ3n) is 3.37. The highest BCUT2D eigenvalue weighted by Gasteiger charge is 2.14. The first-order chi connectivity index (χ1) is 11.1. The van der Waals surface area contributed by atoms with Gasteiger partial charge >= 0.3 is 5.97 Å². The van der Waals surface area contributed by atoms with Crippen LogP contribution in [0.2, 0.25) is 0 Å². The van der Waals surface area contributed by atoms with E-state index in [1.807, 2.05) is 24.3 Å². The molecular weight excluding hydrogens is 297 g/mol. The highest BCUT2D eigenvalue weighted by atomic mass is 19.1. The van der Waals surface area contributed by atoms with Crippen molar-refractivity contribution in [2.24, 2.45) is 0 Å². The Morgan fingerprint density at radius 3 is 2.57 bits per heavy atom. The Balaban J connectivity index is 1.95. The maximum atomic E-state index is 13.8. The molecule has 0 spiro atoms. The molecular formula is C18H14FNO3. The lowest BCUT2D eigenvalue weighted by molar-refractivity contribution is -0.142. The molecule has 0 saturated carbocycles. The van der Waals surface area contributed by atoms with Crippen LogP contribution in [-0.4, -0.2) is 11.1 Å². The number of carbonyl (C=O) groups is 1. The number of aromatic nitrogens is 1. The van der Waals surface area contributed by atoms with Crippen molar-refractivity contribution in [1.82, 2.24) is 5.16 Å². The zero-order valence-electron chi connectivity index (χ0n) is 12.5. The smallest absolute Gasteiger partial charge is 0.302 e. The molecule has 0 amide bonds. The third-order valence-corrected chi connectivity index (χ3v) is 3.37. The number of nitrogens with zero attached hydrogens (tertiary/aromatic N) is 1. The van der Waals surface area contributed by atoms with E-state index in [9.17, 15) is 9.18 Å². The summed E-state index contributed by atoms with van der Waals surface area (Å²) in [5.41, 5.74) is 2.49. The molecule has 23 heavy (non-hydrogen) atoms. The summed E-state index contributed by atoms with van der Waals surface area (Å²) < 4.78 is 24.1. The summed E-state index contributed by atoms with van der Waals surface area (Å²) in [6.45, 7) is 1.50. The minimum absolute atomic E-state index is 0.146. The van der Waals surface area contributed by atoms with Crippen LogP contribution in [0.25, 0.3) is 22.6 Å². The number of esters is 1. The number of rotatable bonds is 4. The molecule has 0 bridgehead atoms. The molecule has 5 heteroatoms. The highest BCUT2D eigenvalue weighted by molar-refractivity contribution is 5.70. The molecule has 0 atom stereocenters. The van der Waals surface area contributed by atoms with Gasteiger partial charge in [-0.05, 0) is 17.7 Å². The van der Waals surface area contributed by atoms with Crippen LogP contribution in [0.15, 0.2) is 59.1 Å².